The number of benzene rings is 2. The molecular weight excluding hydrogens is 238 g/mol. The van der Waals surface area contributed by atoms with E-state index in [0.29, 0.717) is 6.54 Å². The molecule has 0 aromatic heterocycles. The van der Waals surface area contributed by atoms with Crippen molar-refractivity contribution in [2.45, 2.75) is 26.2 Å². The van der Waals surface area contributed by atoms with Gasteiger partial charge < -0.3 is 10.4 Å². The zero-order valence-electron chi connectivity index (χ0n) is 11.5. The van der Waals surface area contributed by atoms with Crippen LogP contribution in [0.5, 0.6) is 0 Å². The van der Waals surface area contributed by atoms with Crippen LogP contribution in [0.25, 0.3) is 10.8 Å². The number of fused-ring (bicyclic) bond motifs is 1. The van der Waals surface area contributed by atoms with Gasteiger partial charge in [0.05, 0.1) is 0 Å². The van der Waals surface area contributed by atoms with Crippen molar-refractivity contribution in [2.24, 2.45) is 0 Å². The fraction of sp³-hybridized carbons (Fsp3) is 0.312. The minimum Gasteiger partial charge on any atom is -0.465 e. The van der Waals surface area contributed by atoms with E-state index in [1.54, 1.807) is 0 Å². The van der Waals surface area contributed by atoms with Gasteiger partial charge in [-0.25, -0.2) is 4.79 Å². The van der Waals surface area contributed by atoms with Crippen LogP contribution in [0.15, 0.2) is 36.4 Å². The summed E-state index contributed by atoms with van der Waals surface area (Å²) in [4.78, 5) is 10.6. The molecule has 0 atom stereocenters. The standard InChI is InChI=1S/C16H19NO2/c1-11-4-5-13-9-14(7-6-12(13)8-11)16(2,3)10-17-15(18)19/h4-9,17H,10H2,1-3H3,(H,18,19). The number of hydrogen-bond acceptors (Lipinski definition) is 1. The largest absolute Gasteiger partial charge is 0.465 e. The van der Waals surface area contributed by atoms with Crippen molar-refractivity contribution in [3.8, 4) is 0 Å². The Morgan fingerprint density at radius 2 is 1.79 bits per heavy atom. The van der Waals surface area contributed by atoms with Crippen LogP contribution in [0, 0.1) is 6.92 Å². The fourth-order valence-corrected chi connectivity index (χ4v) is 2.18. The molecule has 0 unspecified atom stereocenters. The molecule has 2 aromatic rings. The van der Waals surface area contributed by atoms with Crippen LogP contribution >= 0.6 is 0 Å². The van der Waals surface area contributed by atoms with Crippen LogP contribution in [0.2, 0.25) is 0 Å². The Kier molecular flexibility index (Phi) is 3.47. The highest BCUT2D eigenvalue weighted by atomic mass is 16.4. The number of rotatable bonds is 3. The minimum absolute atomic E-state index is 0.225. The summed E-state index contributed by atoms with van der Waals surface area (Å²) in [6.45, 7) is 6.56. The van der Waals surface area contributed by atoms with Gasteiger partial charge in [-0.3, -0.25) is 0 Å². The fourth-order valence-electron chi connectivity index (χ4n) is 2.18. The Morgan fingerprint density at radius 1 is 1.16 bits per heavy atom. The lowest BCUT2D eigenvalue weighted by molar-refractivity contribution is 0.192. The van der Waals surface area contributed by atoms with Gasteiger partial charge in [0.2, 0.25) is 0 Å². The summed E-state index contributed by atoms with van der Waals surface area (Å²) in [6, 6.07) is 12.7. The van der Waals surface area contributed by atoms with E-state index in [1.165, 1.54) is 16.3 Å². The monoisotopic (exact) mass is 257 g/mol. The second kappa shape index (κ2) is 4.92. The summed E-state index contributed by atoms with van der Waals surface area (Å²) in [5.41, 5.74) is 2.15. The average molecular weight is 257 g/mol. The van der Waals surface area contributed by atoms with Crippen LogP contribution in [0.3, 0.4) is 0 Å². The van der Waals surface area contributed by atoms with E-state index in [9.17, 15) is 4.79 Å². The minimum atomic E-state index is -0.982. The average Bonchev–Trinajstić information content (AvgIpc) is 2.36. The van der Waals surface area contributed by atoms with E-state index in [2.05, 4.69) is 48.6 Å². The number of aryl methyl sites for hydroxylation is 1. The SMILES string of the molecule is Cc1ccc2cc(C(C)(C)CNC(=O)O)ccc2c1. The first kappa shape index (κ1) is 13.4. The lowest BCUT2D eigenvalue weighted by atomic mass is 9.83. The first-order valence-corrected chi connectivity index (χ1v) is 6.36. The predicted molar refractivity (Wildman–Crippen MR) is 77.7 cm³/mol. The van der Waals surface area contributed by atoms with Gasteiger partial charge in [0.1, 0.15) is 0 Å². The molecule has 2 N–H and O–H groups in total. The van der Waals surface area contributed by atoms with Gasteiger partial charge in [-0.2, -0.15) is 0 Å². The van der Waals surface area contributed by atoms with Gasteiger partial charge in [0.15, 0.2) is 0 Å². The molecule has 0 heterocycles. The highest BCUT2D eigenvalue weighted by molar-refractivity contribution is 5.84. The van der Waals surface area contributed by atoms with Gasteiger partial charge in [0, 0.05) is 12.0 Å². The number of hydrogen-bond donors (Lipinski definition) is 2. The second-order valence-electron chi connectivity index (χ2n) is 5.61. The molecule has 2 rings (SSSR count). The zero-order chi connectivity index (χ0) is 14.0. The smallest absolute Gasteiger partial charge is 0.404 e. The molecule has 0 aliphatic carbocycles. The lowest BCUT2D eigenvalue weighted by Crippen LogP contribution is -2.35. The summed E-state index contributed by atoms with van der Waals surface area (Å²) in [6.07, 6.45) is -0.982. The molecule has 0 saturated carbocycles. The molecule has 3 heteroatoms. The van der Waals surface area contributed by atoms with Crippen molar-refractivity contribution in [3.63, 3.8) is 0 Å². The summed E-state index contributed by atoms with van der Waals surface area (Å²) in [5.74, 6) is 0. The first-order chi connectivity index (χ1) is 8.88. The molecule has 0 aliphatic rings. The topological polar surface area (TPSA) is 49.3 Å². The lowest BCUT2D eigenvalue weighted by Gasteiger charge is -2.25. The molecule has 0 radical (unpaired) electrons. The number of amides is 1. The normalized spacial score (nSPS) is 11.5. The van der Waals surface area contributed by atoms with Crippen molar-refractivity contribution in [1.82, 2.24) is 5.32 Å². The Balaban J connectivity index is 2.34. The number of carbonyl (C=O) groups is 1. The van der Waals surface area contributed by atoms with Gasteiger partial charge in [-0.15, -0.1) is 0 Å². The Hall–Kier alpha value is -2.03. The summed E-state index contributed by atoms with van der Waals surface area (Å²) < 4.78 is 0. The van der Waals surface area contributed by atoms with Crippen molar-refractivity contribution in [1.29, 1.82) is 0 Å². The summed E-state index contributed by atoms with van der Waals surface area (Å²) in [7, 11) is 0. The van der Waals surface area contributed by atoms with Gasteiger partial charge in [0.25, 0.3) is 0 Å². The molecule has 0 spiro atoms. The van der Waals surface area contributed by atoms with E-state index in [0.717, 1.165) is 5.56 Å². The Morgan fingerprint density at radius 3 is 2.47 bits per heavy atom. The maximum Gasteiger partial charge on any atom is 0.404 e. The quantitative estimate of drug-likeness (QED) is 0.881. The molecule has 0 saturated heterocycles. The maximum absolute atomic E-state index is 10.6. The molecule has 100 valence electrons. The van der Waals surface area contributed by atoms with Crippen LogP contribution in [0.4, 0.5) is 4.79 Å². The molecule has 0 aliphatic heterocycles. The third-order valence-corrected chi connectivity index (χ3v) is 3.46. The van der Waals surface area contributed by atoms with Crippen LogP contribution < -0.4 is 5.32 Å². The van der Waals surface area contributed by atoms with E-state index in [-0.39, 0.29) is 5.41 Å². The Bertz CT molecular complexity index is 617. The molecule has 2 aromatic carbocycles. The third kappa shape index (κ3) is 3.05. The van der Waals surface area contributed by atoms with E-state index >= 15 is 0 Å². The summed E-state index contributed by atoms with van der Waals surface area (Å²) >= 11 is 0. The maximum atomic E-state index is 10.6. The molecule has 0 fully saturated rings. The predicted octanol–water partition coefficient (Wildman–Crippen LogP) is 3.69. The zero-order valence-corrected chi connectivity index (χ0v) is 11.5. The first-order valence-electron chi connectivity index (χ1n) is 6.36. The van der Waals surface area contributed by atoms with Crippen molar-refractivity contribution < 1.29 is 9.90 Å². The molecule has 0 bridgehead atoms. The highest BCUT2D eigenvalue weighted by Gasteiger charge is 2.21. The second-order valence-corrected chi connectivity index (χ2v) is 5.61. The van der Waals surface area contributed by atoms with E-state index < -0.39 is 6.09 Å². The van der Waals surface area contributed by atoms with Crippen LogP contribution in [0.1, 0.15) is 25.0 Å². The van der Waals surface area contributed by atoms with Crippen molar-refractivity contribution in [2.75, 3.05) is 6.54 Å². The number of nitrogens with one attached hydrogen (secondary N) is 1. The Labute approximate surface area is 113 Å². The third-order valence-electron chi connectivity index (χ3n) is 3.46. The van der Waals surface area contributed by atoms with Crippen LogP contribution in [-0.4, -0.2) is 17.7 Å². The summed E-state index contributed by atoms with van der Waals surface area (Å²) in [5, 5.41) is 13.6. The van der Waals surface area contributed by atoms with Gasteiger partial charge >= 0.3 is 6.09 Å². The van der Waals surface area contributed by atoms with Gasteiger partial charge in [-0.05, 0) is 23.3 Å². The number of carboxylic acid groups (broad SMARTS) is 1. The molecule has 19 heavy (non-hydrogen) atoms. The van der Waals surface area contributed by atoms with Crippen LogP contribution in [-0.2, 0) is 5.41 Å². The van der Waals surface area contributed by atoms with E-state index in [4.69, 9.17) is 5.11 Å². The van der Waals surface area contributed by atoms with E-state index in [1.807, 2.05) is 13.8 Å². The van der Waals surface area contributed by atoms with Crippen molar-refractivity contribution in [3.05, 3.63) is 47.5 Å². The van der Waals surface area contributed by atoms with Crippen molar-refractivity contribution >= 4 is 16.9 Å². The highest BCUT2D eigenvalue weighted by Crippen LogP contribution is 2.26. The molecule has 1 amide bonds. The van der Waals surface area contributed by atoms with Gasteiger partial charge in [-0.1, -0.05) is 55.8 Å². The molecule has 3 nitrogen and oxygen atoms in total. The molecular formula is C16H19NO2.